The topological polar surface area (TPSA) is 0 Å². The van der Waals surface area contributed by atoms with Gasteiger partial charge in [-0.1, -0.05) is 24.3 Å². The molecule has 0 saturated heterocycles. The first-order valence-electron chi connectivity index (χ1n) is 5.35. The Balaban J connectivity index is 2.41. The molecule has 2 aromatic carbocycles. The number of benzene rings is 2. The maximum Gasteiger partial charge on any atom is 0.137 e. The zero-order valence-corrected chi connectivity index (χ0v) is 12.8. The van der Waals surface area contributed by atoms with Crippen LogP contribution in [0.25, 0.3) is 0 Å². The molecule has 0 aliphatic carbocycles. The van der Waals surface area contributed by atoms with Crippen molar-refractivity contribution in [1.82, 2.24) is 0 Å². The fraction of sp³-hybridized carbons (Fsp3) is 0.143. The van der Waals surface area contributed by atoms with Gasteiger partial charge in [-0.3, -0.25) is 0 Å². The average molecular weight is 346 g/mol. The highest BCUT2D eigenvalue weighted by molar-refractivity contribution is 9.10. The van der Waals surface area contributed by atoms with E-state index in [0.29, 0.717) is 4.47 Å². The minimum atomic E-state index is -0.277. The van der Waals surface area contributed by atoms with Gasteiger partial charge in [-0.2, -0.15) is 0 Å². The van der Waals surface area contributed by atoms with Crippen molar-refractivity contribution < 1.29 is 4.39 Å². The average Bonchev–Trinajstić information content (AvgIpc) is 2.41. The summed E-state index contributed by atoms with van der Waals surface area (Å²) >= 11 is 11.3. The van der Waals surface area contributed by atoms with E-state index in [1.165, 1.54) is 6.07 Å². The van der Waals surface area contributed by atoms with Gasteiger partial charge in [0, 0.05) is 4.90 Å². The van der Waals surface area contributed by atoms with Crippen molar-refractivity contribution in [3.05, 3.63) is 63.9 Å². The second-order valence-corrected chi connectivity index (χ2v) is 5.92. The second-order valence-electron chi connectivity index (χ2n) is 3.78. The van der Waals surface area contributed by atoms with E-state index >= 15 is 0 Å². The molecule has 0 aromatic heterocycles. The molecule has 0 heterocycles. The first-order valence-corrected chi connectivity index (χ1v) is 7.81. The predicted molar refractivity (Wildman–Crippen MR) is 80.0 cm³/mol. The molecule has 4 heteroatoms. The van der Waals surface area contributed by atoms with Gasteiger partial charge in [-0.15, -0.1) is 23.4 Å². The smallest absolute Gasteiger partial charge is 0.137 e. The molecule has 0 N–H and O–H groups in total. The normalized spacial score (nSPS) is 12.4. The van der Waals surface area contributed by atoms with Crippen LogP contribution in [0.5, 0.6) is 0 Å². The van der Waals surface area contributed by atoms with Gasteiger partial charge >= 0.3 is 0 Å². The monoisotopic (exact) mass is 344 g/mol. The number of thioether (sulfide) groups is 1. The van der Waals surface area contributed by atoms with E-state index in [-0.39, 0.29) is 11.2 Å². The van der Waals surface area contributed by atoms with Crippen LogP contribution < -0.4 is 0 Å². The summed E-state index contributed by atoms with van der Waals surface area (Å²) in [5, 5.41) is -0.273. The highest BCUT2D eigenvalue weighted by atomic mass is 79.9. The molecule has 2 aromatic rings. The minimum absolute atomic E-state index is 0.273. The molecule has 0 radical (unpaired) electrons. The maximum atomic E-state index is 13.2. The highest BCUT2D eigenvalue weighted by Crippen LogP contribution is 2.35. The van der Waals surface area contributed by atoms with Crippen LogP contribution in [0.2, 0.25) is 0 Å². The fourth-order valence-corrected chi connectivity index (χ4v) is 3.15. The van der Waals surface area contributed by atoms with Crippen LogP contribution in [0.4, 0.5) is 4.39 Å². The Morgan fingerprint density at radius 2 is 1.94 bits per heavy atom. The van der Waals surface area contributed by atoms with Crippen LogP contribution >= 0.6 is 39.3 Å². The summed E-state index contributed by atoms with van der Waals surface area (Å²) in [6.45, 7) is 0. The second kappa shape index (κ2) is 6.09. The molecule has 0 aliphatic rings. The summed E-state index contributed by atoms with van der Waals surface area (Å²) in [5.41, 5.74) is 1.93. The van der Waals surface area contributed by atoms with Crippen molar-refractivity contribution in [2.45, 2.75) is 10.3 Å². The maximum absolute atomic E-state index is 13.2. The van der Waals surface area contributed by atoms with Gasteiger partial charge in [-0.25, -0.2) is 4.39 Å². The minimum Gasteiger partial charge on any atom is -0.206 e. The molecule has 94 valence electrons. The van der Waals surface area contributed by atoms with E-state index in [0.717, 1.165) is 16.0 Å². The SMILES string of the molecule is CSc1ccccc1C(Cl)c1ccc(F)c(Br)c1. The molecule has 1 unspecified atom stereocenters. The Morgan fingerprint density at radius 3 is 2.61 bits per heavy atom. The molecule has 0 amide bonds. The van der Waals surface area contributed by atoms with Crippen LogP contribution in [-0.4, -0.2) is 6.26 Å². The predicted octanol–water partition coefficient (Wildman–Crippen LogP) is 5.64. The van der Waals surface area contributed by atoms with E-state index in [9.17, 15) is 4.39 Å². The first kappa shape index (κ1) is 13.9. The summed E-state index contributed by atoms with van der Waals surface area (Å²) in [5.74, 6) is -0.277. The van der Waals surface area contributed by atoms with E-state index < -0.39 is 0 Å². The summed E-state index contributed by atoms with van der Waals surface area (Å²) in [7, 11) is 0. The van der Waals surface area contributed by atoms with Crippen molar-refractivity contribution in [2.24, 2.45) is 0 Å². The van der Waals surface area contributed by atoms with Crippen molar-refractivity contribution >= 4 is 39.3 Å². The van der Waals surface area contributed by atoms with Crippen molar-refractivity contribution in [2.75, 3.05) is 6.26 Å². The van der Waals surface area contributed by atoms with Gasteiger partial charge in [0.1, 0.15) is 5.82 Å². The lowest BCUT2D eigenvalue weighted by atomic mass is 10.0. The van der Waals surface area contributed by atoms with Gasteiger partial charge in [0.05, 0.1) is 9.85 Å². The van der Waals surface area contributed by atoms with Gasteiger partial charge in [0.2, 0.25) is 0 Å². The summed E-state index contributed by atoms with van der Waals surface area (Å²) < 4.78 is 13.7. The molecule has 0 fully saturated rings. The highest BCUT2D eigenvalue weighted by Gasteiger charge is 2.15. The van der Waals surface area contributed by atoms with E-state index in [1.54, 1.807) is 23.9 Å². The summed E-state index contributed by atoms with van der Waals surface area (Å²) in [6.07, 6.45) is 2.02. The molecule has 0 nitrogen and oxygen atoms in total. The van der Waals surface area contributed by atoms with Crippen LogP contribution in [0.3, 0.4) is 0 Å². The van der Waals surface area contributed by atoms with Crippen LogP contribution in [0.1, 0.15) is 16.5 Å². The number of hydrogen-bond acceptors (Lipinski definition) is 1. The molecule has 2 rings (SSSR count). The third-order valence-corrected chi connectivity index (χ3v) is 4.55. The van der Waals surface area contributed by atoms with Crippen LogP contribution in [0, 0.1) is 5.82 Å². The third-order valence-electron chi connectivity index (χ3n) is 2.65. The number of alkyl halides is 1. The Bertz CT molecular complexity index is 559. The van der Waals surface area contributed by atoms with Crippen molar-refractivity contribution in [3.8, 4) is 0 Å². The van der Waals surface area contributed by atoms with E-state index in [2.05, 4.69) is 15.9 Å². The quantitative estimate of drug-likeness (QED) is 0.512. The van der Waals surface area contributed by atoms with E-state index in [4.69, 9.17) is 11.6 Å². The third kappa shape index (κ3) is 2.90. The van der Waals surface area contributed by atoms with Crippen LogP contribution in [0.15, 0.2) is 51.8 Å². The zero-order chi connectivity index (χ0) is 13.1. The van der Waals surface area contributed by atoms with Gasteiger partial charge in [0.25, 0.3) is 0 Å². The van der Waals surface area contributed by atoms with E-state index in [1.807, 2.05) is 30.5 Å². The lowest BCUT2D eigenvalue weighted by Crippen LogP contribution is -1.96. The van der Waals surface area contributed by atoms with Gasteiger partial charge < -0.3 is 0 Å². The summed E-state index contributed by atoms with van der Waals surface area (Å²) in [4.78, 5) is 1.14. The Labute approximate surface area is 124 Å². The molecule has 0 aliphatic heterocycles. The van der Waals surface area contributed by atoms with Crippen molar-refractivity contribution in [1.29, 1.82) is 0 Å². The Morgan fingerprint density at radius 1 is 1.22 bits per heavy atom. The van der Waals surface area contributed by atoms with Gasteiger partial charge in [0.15, 0.2) is 0 Å². The molecule has 1 atom stereocenters. The number of halogens is 3. The molecule has 0 bridgehead atoms. The zero-order valence-electron chi connectivity index (χ0n) is 9.66. The number of rotatable bonds is 3. The lowest BCUT2D eigenvalue weighted by Gasteiger charge is -2.14. The Hall–Kier alpha value is -0.510. The Kier molecular flexibility index (Phi) is 4.71. The van der Waals surface area contributed by atoms with Crippen molar-refractivity contribution in [3.63, 3.8) is 0 Å². The molecule has 0 saturated carbocycles. The van der Waals surface area contributed by atoms with Crippen LogP contribution in [-0.2, 0) is 0 Å². The molecule has 18 heavy (non-hydrogen) atoms. The van der Waals surface area contributed by atoms with Gasteiger partial charge in [-0.05, 0) is 51.5 Å². The summed E-state index contributed by atoms with van der Waals surface area (Å²) in [6, 6.07) is 12.9. The lowest BCUT2D eigenvalue weighted by molar-refractivity contribution is 0.620. The molecular weight excluding hydrogens is 335 g/mol. The largest absolute Gasteiger partial charge is 0.206 e. The fourth-order valence-electron chi connectivity index (χ4n) is 1.73. The standard InChI is InChI=1S/C14H11BrClFS/c1-18-13-5-3-2-4-10(13)14(16)9-6-7-12(17)11(15)8-9/h2-8,14H,1H3. The first-order chi connectivity index (χ1) is 8.63. The molecule has 0 spiro atoms. The molecular formula is C14H11BrClFS. The number of hydrogen-bond donors (Lipinski definition) is 0.